The maximum Gasteiger partial charge on any atom is 0.414 e. The van der Waals surface area contributed by atoms with E-state index in [-0.39, 0.29) is 37.9 Å². The number of halogens is 1. The van der Waals surface area contributed by atoms with Gasteiger partial charge in [-0.2, -0.15) is 0 Å². The van der Waals surface area contributed by atoms with Gasteiger partial charge in [0.1, 0.15) is 17.5 Å². The summed E-state index contributed by atoms with van der Waals surface area (Å²) in [4.78, 5) is 45.0. The number of anilines is 2. The van der Waals surface area contributed by atoms with Crippen molar-refractivity contribution in [3.05, 3.63) is 60.1 Å². The standard InChI is InChI=1S/C25H25FN4O6/c1-16(31)27-14-19-15-29(25(33)35-19)18-6-7-21(20(26)13-18)28-8-9-30(34-11-10-28)24(32)23-12-17-4-2-3-5-22(17)36-23/h2-7,12-13,19H,8-11,14-15H2,1H3,(H,27,31). The molecule has 10 nitrogen and oxygen atoms in total. The quantitative estimate of drug-likeness (QED) is 0.579. The van der Waals surface area contributed by atoms with Crippen molar-refractivity contribution in [2.45, 2.75) is 13.0 Å². The predicted octanol–water partition coefficient (Wildman–Crippen LogP) is 2.93. The normalized spacial score (nSPS) is 18.3. The van der Waals surface area contributed by atoms with Crippen molar-refractivity contribution in [1.82, 2.24) is 10.4 Å². The molecule has 0 aliphatic carbocycles. The van der Waals surface area contributed by atoms with Crippen molar-refractivity contribution in [3.8, 4) is 0 Å². The highest BCUT2D eigenvalue weighted by molar-refractivity contribution is 5.95. The van der Waals surface area contributed by atoms with Crippen LogP contribution in [0.5, 0.6) is 0 Å². The molecule has 188 valence electrons. The molecule has 1 N–H and O–H groups in total. The molecule has 2 aliphatic rings. The fourth-order valence-corrected chi connectivity index (χ4v) is 4.28. The summed E-state index contributed by atoms with van der Waals surface area (Å²) in [5.41, 5.74) is 1.31. The second kappa shape index (κ2) is 9.86. The molecule has 0 spiro atoms. The van der Waals surface area contributed by atoms with Crippen LogP contribution in [0.2, 0.25) is 0 Å². The van der Waals surface area contributed by atoms with Gasteiger partial charge in [0.15, 0.2) is 5.76 Å². The summed E-state index contributed by atoms with van der Waals surface area (Å²) < 4.78 is 26.0. The zero-order valence-electron chi connectivity index (χ0n) is 19.6. The van der Waals surface area contributed by atoms with Crippen LogP contribution in [-0.4, -0.2) is 68.4 Å². The van der Waals surface area contributed by atoms with Crippen LogP contribution in [0.4, 0.5) is 20.6 Å². The minimum atomic E-state index is -0.597. The maximum atomic E-state index is 15.1. The van der Waals surface area contributed by atoms with E-state index in [1.54, 1.807) is 29.2 Å². The second-order valence-electron chi connectivity index (χ2n) is 8.57. The summed E-state index contributed by atoms with van der Waals surface area (Å²) in [5.74, 6) is -0.957. The number of carbonyl (C=O) groups is 3. The van der Waals surface area contributed by atoms with Crippen molar-refractivity contribution in [1.29, 1.82) is 0 Å². The van der Waals surface area contributed by atoms with Crippen LogP contribution >= 0.6 is 0 Å². The summed E-state index contributed by atoms with van der Waals surface area (Å²) in [6.45, 7) is 2.86. The Hall–Kier alpha value is -4.12. The topological polar surface area (TPSA) is 105 Å². The zero-order chi connectivity index (χ0) is 25.2. The van der Waals surface area contributed by atoms with Crippen molar-refractivity contribution >= 4 is 40.3 Å². The molecule has 3 amide bonds. The van der Waals surface area contributed by atoms with Gasteiger partial charge < -0.3 is 19.4 Å². The number of nitrogens with one attached hydrogen (secondary N) is 1. The van der Waals surface area contributed by atoms with E-state index in [2.05, 4.69) is 5.32 Å². The second-order valence-corrected chi connectivity index (χ2v) is 8.57. The van der Waals surface area contributed by atoms with E-state index in [9.17, 15) is 14.4 Å². The lowest BCUT2D eigenvalue weighted by molar-refractivity contribution is -0.119. The van der Waals surface area contributed by atoms with E-state index in [1.807, 2.05) is 18.2 Å². The number of hydroxylamine groups is 2. The van der Waals surface area contributed by atoms with Crippen LogP contribution in [0.15, 0.2) is 52.9 Å². The minimum absolute atomic E-state index is 0.175. The third-order valence-corrected chi connectivity index (χ3v) is 6.08. The minimum Gasteiger partial charge on any atom is -0.451 e. The van der Waals surface area contributed by atoms with E-state index in [1.165, 1.54) is 23.0 Å². The highest BCUT2D eigenvalue weighted by Crippen LogP contribution is 2.29. The van der Waals surface area contributed by atoms with Crippen LogP contribution in [0.25, 0.3) is 11.0 Å². The van der Waals surface area contributed by atoms with Crippen LogP contribution in [0.3, 0.4) is 0 Å². The first-order valence-corrected chi connectivity index (χ1v) is 11.6. The Morgan fingerprint density at radius 1 is 1.11 bits per heavy atom. The van der Waals surface area contributed by atoms with Gasteiger partial charge in [-0.3, -0.25) is 19.3 Å². The van der Waals surface area contributed by atoms with Gasteiger partial charge in [0, 0.05) is 25.4 Å². The molecular weight excluding hydrogens is 471 g/mol. The average Bonchev–Trinajstić information content (AvgIpc) is 3.37. The van der Waals surface area contributed by atoms with Crippen molar-refractivity contribution < 1.29 is 32.8 Å². The first-order valence-electron chi connectivity index (χ1n) is 11.6. The Bertz CT molecular complexity index is 1280. The number of para-hydroxylation sites is 1. The van der Waals surface area contributed by atoms with Crippen molar-refractivity contribution in [3.63, 3.8) is 0 Å². The number of hydrogen-bond donors (Lipinski definition) is 1. The third-order valence-electron chi connectivity index (χ3n) is 6.08. The van der Waals surface area contributed by atoms with Gasteiger partial charge in [-0.25, -0.2) is 14.2 Å². The van der Waals surface area contributed by atoms with Crippen molar-refractivity contribution in [2.75, 3.05) is 49.1 Å². The lowest BCUT2D eigenvalue weighted by Gasteiger charge is -2.23. The number of benzene rings is 2. The summed E-state index contributed by atoms with van der Waals surface area (Å²) >= 11 is 0. The van der Waals surface area contributed by atoms with E-state index < -0.39 is 23.9 Å². The molecule has 11 heteroatoms. The summed E-state index contributed by atoms with van der Waals surface area (Å²) in [5, 5.41) is 4.67. The fraction of sp³-hybridized carbons (Fsp3) is 0.320. The molecule has 2 fully saturated rings. The number of cyclic esters (lactones) is 1. The van der Waals surface area contributed by atoms with Gasteiger partial charge in [0.2, 0.25) is 5.91 Å². The van der Waals surface area contributed by atoms with Crippen molar-refractivity contribution in [2.24, 2.45) is 0 Å². The molecule has 1 atom stereocenters. The molecule has 2 aliphatic heterocycles. The summed E-state index contributed by atoms with van der Waals surface area (Å²) in [6.07, 6.45) is -1.11. The predicted molar refractivity (Wildman–Crippen MR) is 128 cm³/mol. The number of nitrogens with zero attached hydrogens (tertiary/aromatic N) is 3. The molecule has 2 saturated heterocycles. The van der Waals surface area contributed by atoms with E-state index in [0.29, 0.717) is 30.0 Å². The number of rotatable bonds is 5. The third kappa shape index (κ3) is 4.82. The summed E-state index contributed by atoms with van der Waals surface area (Å²) in [7, 11) is 0. The van der Waals surface area contributed by atoms with Gasteiger partial charge in [-0.05, 0) is 30.3 Å². The molecule has 0 bridgehead atoms. The number of amides is 3. The molecule has 1 unspecified atom stereocenters. The first-order chi connectivity index (χ1) is 17.4. The Morgan fingerprint density at radius 2 is 1.94 bits per heavy atom. The highest BCUT2D eigenvalue weighted by atomic mass is 19.1. The lowest BCUT2D eigenvalue weighted by atomic mass is 10.2. The van der Waals surface area contributed by atoms with Gasteiger partial charge in [-0.1, -0.05) is 18.2 Å². The molecular formula is C25H25FN4O6. The first kappa shape index (κ1) is 23.6. The molecule has 3 heterocycles. The summed E-state index contributed by atoms with van der Waals surface area (Å²) in [6, 6.07) is 13.5. The Morgan fingerprint density at radius 3 is 2.72 bits per heavy atom. The molecule has 0 saturated carbocycles. The smallest absolute Gasteiger partial charge is 0.414 e. The average molecular weight is 496 g/mol. The Kier molecular flexibility index (Phi) is 6.47. The largest absolute Gasteiger partial charge is 0.451 e. The Labute approximate surface area is 206 Å². The van der Waals surface area contributed by atoms with Gasteiger partial charge in [-0.15, -0.1) is 0 Å². The number of fused-ring (bicyclic) bond motifs is 1. The number of hydrogen-bond acceptors (Lipinski definition) is 7. The molecule has 1 aromatic heterocycles. The number of carbonyl (C=O) groups excluding carboxylic acids is 3. The lowest BCUT2D eigenvalue weighted by Crippen LogP contribution is -2.34. The number of ether oxygens (including phenoxy) is 1. The van der Waals surface area contributed by atoms with Gasteiger partial charge in [0.05, 0.1) is 37.6 Å². The van der Waals surface area contributed by atoms with Crippen LogP contribution in [-0.2, 0) is 14.4 Å². The van der Waals surface area contributed by atoms with Crippen LogP contribution < -0.4 is 15.1 Å². The number of furan rings is 1. The molecule has 36 heavy (non-hydrogen) atoms. The monoisotopic (exact) mass is 496 g/mol. The van der Waals surface area contributed by atoms with Crippen LogP contribution in [0.1, 0.15) is 17.5 Å². The molecule has 3 aromatic rings. The van der Waals surface area contributed by atoms with Crippen LogP contribution in [0, 0.1) is 5.82 Å². The van der Waals surface area contributed by atoms with E-state index in [4.69, 9.17) is 14.0 Å². The SMILES string of the molecule is CC(=O)NCC1CN(c2ccc(N3CCON(C(=O)c4cc5ccccc5o4)CC3)c(F)c2)C(=O)O1. The van der Waals surface area contributed by atoms with E-state index in [0.717, 1.165) is 5.39 Å². The van der Waals surface area contributed by atoms with E-state index >= 15 is 4.39 Å². The van der Waals surface area contributed by atoms with Gasteiger partial charge >= 0.3 is 12.0 Å². The highest BCUT2D eigenvalue weighted by Gasteiger charge is 2.33. The zero-order valence-corrected chi connectivity index (χ0v) is 19.6. The molecule has 5 rings (SSSR count). The van der Waals surface area contributed by atoms with Gasteiger partial charge in [0.25, 0.3) is 0 Å². The Balaban J connectivity index is 1.24. The maximum absolute atomic E-state index is 15.1. The molecule has 2 aromatic carbocycles. The molecule has 0 radical (unpaired) electrons. The fourth-order valence-electron chi connectivity index (χ4n) is 4.28.